The average molecular weight is 218 g/mol. The standard InChI is InChI=1S/C8H8ClNO2S/c1-12-8(11)5-3-6(9)10-7(4-5)13-2/h3-4H,1-2H3. The first-order chi connectivity index (χ1) is 6.17. The Labute approximate surface area is 85.4 Å². The van der Waals surface area contributed by atoms with Crippen LogP contribution in [0, 0.1) is 0 Å². The fourth-order valence-electron chi connectivity index (χ4n) is 0.813. The molecular weight excluding hydrogens is 210 g/mol. The molecule has 0 amide bonds. The number of ether oxygens (including phenoxy) is 1. The zero-order valence-electron chi connectivity index (χ0n) is 7.20. The lowest BCUT2D eigenvalue weighted by Gasteiger charge is -2.01. The summed E-state index contributed by atoms with van der Waals surface area (Å²) >= 11 is 7.12. The van der Waals surface area contributed by atoms with Crippen molar-refractivity contribution in [3.8, 4) is 0 Å². The molecule has 0 N–H and O–H groups in total. The molecule has 1 rings (SSSR count). The van der Waals surface area contributed by atoms with Gasteiger partial charge in [0.2, 0.25) is 0 Å². The highest BCUT2D eigenvalue weighted by Gasteiger charge is 2.08. The third-order valence-corrected chi connectivity index (χ3v) is 2.22. The molecule has 0 aliphatic rings. The highest BCUT2D eigenvalue weighted by atomic mass is 35.5. The molecule has 3 nitrogen and oxygen atoms in total. The molecule has 0 saturated carbocycles. The van der Waals surface area contributed by atoms with E-state index in [4.69, 9.17) is 11.6 Å². The normalized spacial score (nSPS) is 9.77. The van der Waals surface area contributed by atoms with Crippen LogP contribution in [-0.2, 0) is 4.74 Å². The van der Waals surface area contributed by atoms with E-state index >= 15 is 0 Å². The van der Waals surface area contributed by atoms with Gasteiger partial charge in [0.15, 0.2) is 0 Å². The van der Waals surface area contributed by atoms with E-state index in [0.29, 0.717) is 15.7 Å². The summed E-state index contributed by atoms with van der Waals surface area (Å²) in [6, 6.07) is 3.12. The lowest BCUT2D eigenvalue weighted by molar-refractivity contribution is 0.0600. The van der Waals surface area contributed by atoms with Gasteiger partial charge in [0, 0.05) is 0 Å². The number of hydrogen-bond acceptors (Lipinski definition) is 4. The van der Waals surface area contributed by atoms with Crippen LogP contribution in [-0.4, -0.2) is 24.3 Å². The Balaban J connectivity index is 3.08. The van der Waals surface area contributed by atoms with Crippen LogP contribution in [0.25, 0.3) is 0 Å². The molecule has 0 radical (unpaired) electrons. The van der Waals surface area contributed by atoms with E-state index in [9.17, 15) is 4.79 Å². The van der Waals surface area contributed by atoms with Crippen LogP contribution >= 0.6 is 23.4 Å². The molecule has 13 heavy (non-hydrogen) atoms. The third kappa shape index (κ3) is 2.60. The number of pyridine rings is 1. The van der Waals surface area contributed by atoms with Crippen molar-refractivity contribution in [2.24, 2.45) is 0 Å². The maximum absolute atomic E-state index is 11.1. The Morgan fingerprint density at radius 1 is 1.62 bits per heavy atom. The molecule has 0 aliphatic carbocycles. The van der Waals surface area contributed by atoms with E-state index in [1.54, 1.807) is 6.07 Å². The van der Waals surface area contributed by atoms with Gasteiger partial charge in [-0.3, -0.25) is 0 Å². The van der Waals surface area contributed by atoms with E-state index in [0.717, 1.165) is 0 Å². The number of aromatic nitrogens is 1. The van der Waals surface area contributed by atoms with Gasteiger partial charge in [0.1, 0.15) is 5.15 Å². The third-order valence-electron chi connectivity index (χ3n) is 1.40. The zero-order valence-corrected chi connectivity index (χ0v) is 8.78. The summed E-state index contributed by atoms with van der Waals surface area (Å²) in [4.78, 5) is 15.1. The predicted octanol–water partition coefficient (Wildman–Crippen LogP) is 2.24. The summed E-state index contributed by atoms with van der Waals surface area (Å²) in [6.45, 7) is 0. The van der Waals surface area contributed by atoms with Gasteiger partial charge >= 0.3 is 5.97 Å². The van der Waals surface area contributed by atoms with Crippen LogP contribution in [0.15, 0.2) is 17.2 Å². The molecule has 0 aliphatic heterocycles. The Morgan fingerprint density at radius 2 is 2.31 bits per heavy atom. The molecule has 1 aromatic heterocycles. The largest absolute Gasteiger partial charge is 0.465 e. The maximum atomic E-state index is 11.1. The maximum Gasteiger partial charge on any atom is 0.338 e. The Bertz CT molecular complexity index is 330. The lowest BCUT2D eigenvalue weighted by atomic mass is 10.3. The first kappa shape index (κ1) is 10.3. The molecular formula is C8H8ClNO2S. The van der Waals surface area contributed by atoms with E-state index in [1.165, 1.54) is 24.9 Å². The van der Waals surface area contributed by atoms with Crippen LogP contribution in [0.3, 0.4) is 0 Å². The van der Waals surface area contributed by atoms with Crippen LogP contribution in [0.1, 0.15) is 10.4 Å². The van der Waals surface area contributed by atoms with Gasteiger partial charge in [-0.25, -0.2) is 9.78 Å². The average Bonchev–Trinajstić information content (AvgIpc) is 2.15. The van der Waals surface area contributed by atoms with Crippen molar-refractivity contribution in [1.82, 2.24) is 4.98 Å². The Kier molecular flexibility index (Phi) is 3.57. The minimum atomic E-state index is -0.403. The van der Waals surface area contributed by atoms with Crippen molar-refractivity contribution < 1.29 is 9.53 Å². The fraction of sp³-hybridized carbons (Fsp3) is 0.250. The highest BCUT2D eigenvalue weighted by molar-refractivity contribution is 7.98. The van der Waals surface area contributed by atoms with Gasteiger partial charge in [-0.15, -0.1) is 11.8 Å². The number of hydrogen-bond donors (Lipinski definition) is 0. The molecule has 0 fully saturated rings. The van der Waals surface area contributed by atoms with Gasteiger partial charge in [-0.2, -0.15) is 0 Å². The van der Waals surface area contributed by atoms with Crippen molar-refractivity contribution in [2.75, 3.05) is 13.4 Å². The number of methoxy groups -OCH3 is 1. The number of thioether (sulfide) groups is 1. The summed E-state index contributed by atoms with van der Waals surface area (Å²) < 4.78 is 4.56. The van der Waals surface area contributed by atoms with Crippen molar-refractivity contribution in [3.05, 3.63) is 22.8 Å². The predicted molar refractivity (Wildman–Crippen MR) is 52.4 cm³/mol. The Hall–Kier alpha value is -0.740. The molecule has 1 aromatic rings. The summed E-state index contributed by atoms with van der Waals surface area (Å²) in [5.41, 5.74) is 0.423. The van der Waals surface area contributed by atoms with Crippen molar-refractivity contribution in [2.45, 2.75) is 5.03 Å². The first-order valence-corrected chi connectivity index (χ1v) is 5.07. The second-order valence-corrected chi connectivity index (χ2v) is 3.43. The molecule has 0 aromatic carbocycles. The summed E-state index contributed by atoms with van der Waals surface area (Å²) in [7, 11) is 1.33. The molecule has 1 heterocycles. The summed E-state index contributed by atoms with van der Waals surface area (Å²) in [5.74, 6) is -0.403. The van der Waals surface area contributed by atoms with Crippen LogP contribution in [0.4, 0.5) is 0 Å². The second kappa shape index (κ2) is 4.48. The number of carbonyl (C=O) groups excluding carboxylic acids is 1. The van der Waals surface area contributed by atoms with E-state index in [2.05, 4.69) is 9.72 Å². The zero-order chi connectivity index (χ0) is 9.84. The molecule has 0 spiro atoms. The number of halogens is 1. The monoisotopic (exact) mass is 217 g/mol. The summed E-state index contributed by atoms with van der Waals surface area (Å²) in [6.07, 6.45) is 1.86. The minimum absolute atomic E-state index is 0.298. The minimum Gasteiger partial charge on any atom is -0.465 e. The van der Waals surface area contributed by atoms with Crippen molar-refractivity contribution in [1.29, 1.82) is 0 Å². The number of esters is 1. The molecule has 0 atom stereocenters. The van der Waals surface area contributed by atoms with Crippen LogP contribution in [0.5, 0.6) is 0 Å². The van der Waals surface area contributed by atoms with Gasteiger partial charge in [0.05, 0.1) is 17.7 Å². The molecule has 0 unspecified atom stereocenters. The molecule has 0 bridgehead atoms. The van der Waals surface area contributed by atoms with Crippen LogP contribution in [0.2, 0.25) is 5.15 Å². The molecule has 5 heteroatoms. The van der Waals surface area contributed by atoms with E-state index < -0.39 is 5.97 Å². The lowest BCUT2D eigenvalue weighted by Crippen LogP contribution is -2.01. The van der Waals surface area contributed by atoms with Gasteiger partial charge in [-0.1, -0.05) is 11.6 Å². The highest BCUT2D eigenvalue weighted by Crippen LogP contribution is 2.18. The summed E-state index contributed by atoms with van der Waals surface area (Å²) in [5, 5.41) is 1.00. The number of nitrogens with zero attached hydrogens (tertiary/aromatic N) is 1. The quantitative estimate of drug-likeness (QED) is 0.433. The Morgan fingerprint density at radius 3 is 2.85 bits per heavy atom. The van der Waals surface area contributed by atoms with Gasteiger partial charge < -0.3 is 4.74 Å². The SMILES string of the molecule is COC(=O)c1cc(Cl)nc(SC)c1. The fourth-order valence-corrected chi connectivity index (χ4v) is 1.51. The second-order valence-electron chi connectivity index (χ2n) is 2.21. The van der Waals surface area contributed by atoms with Crippen molar-refractivity contribution in [3.63, 3.8) is 0 Å². The van der Waals surface area contributed by atoms with Gasteiger partial charge in [0.25, 0.3) is 0 Å². The van der Waals surface area contributed by atoms with E-state index in [1.807, 2.05) is 6.26 Å². The number of carbonyl (C=O) groups is 1. The molecule has 0 saturated heterocycles. The van der Waals surface area contributed by atoms with E-state index in [-0.39, 0.29) is 0 Å². The topological polar surface area (TPSA) is 39.2 Å². The first-order valence-electron chi connectivity index (χ1n) is 3.47. The molecule has 70 valence electrons. The number of rotatable bonds is 2. The van der Waals surface area contributed by atoms with Crippen molar-refractivity contribution >= 4 is 29.3 Å². The smallest absolute Gasteiger partial charge is 0.338 e. The van der Waals surface area contributed by atoms with Gasteiger partial charge in [-0.05, 0) is 18.4 Å². The van der Waals surface area contributed by atoms with Crippen LogP contribution < -0.4 is 0 Å².